The van der Waals surface area contributed by atoms with E-state index in [0.717, 1.165) is 29.8 Å². The molecule has 1 amide bonds. The van der Waals surface area contributed by atoms with E-state index in [2.05, 4.69) is 15.4 Å². The van der Waals surface area contributed by atoms with Gasteiger partial charge in [0.2, 0.25) is 0 Å². The second-order valence-corrected chi connectivity index (χ2v) is 6.27. The van der Waals surface area contributed by atoms with Gasteiger partial charge in [0.25, 0.3) is 5.91 Å². The van der Waals surface area contributed by atoms with E-state index in [1.165, 1.54) is 0 Å². The summed E-state index contributed by atoms with van der Waals surface area (Å²) in [6.07, 6.45) is 7.39. The zero-order valence-corrected chi connectivity index (χ0v) is 13.6. The molecule has 3 aromatic rings. The van der Waals surface area contributed by atoms with Crippen LogP contribution in [0.2, 0.25) is 5.02 Å². The van der Waals surface area contributed by atoms with Crippen LogP contribution in [0.25, 0.3) is 16.9 Å². The number of nitrogens with zero attached hydrogens (tertiary/aromatic N) is 3. The van der Waals surface area contributed by atoms with Gasteiger partial charge in [-0.15, -0.1) is 0 Å². The summed E-state index contributed by atoms with van der Waals surface area (Å²) in [5, 5.41) is 7.99. The van der Waals surface area contributed by atoms with Gasteiger partial charge in [-0.05, 0) is 49.2 Å². The fourth-order valence-electron chi connectivity index (χ4n) is 2.39. The van der Waals surface area contributed by atoms with E-state index in [0.29, 0.717) is 16.6 Å². The average Bonchev–Trinajstić information content (AvgIpc) is 3.28. The molecule has 2 heterocycles. The fraction of sp³-hybridized carbons (Fsp3) is 0.167. The van der Waals surface area contributed by atoms with Crippen LogP contribution in [-0.4, -0.2) is 26.7 Å². The van der Waals surface area contributed by atoms with Gasteiger partial charge in [-0.1, -0.05) is 11.6 Å². The number of nitrogens with one attached hydrogen (secondary N) is 1. The molecule has 1 saturated carbocycles. The van der Waals surface area contributed by atoms with Gasteiger partial charge in [0.05, 0.1) is 23.1 Å². The van der Waals surface area contributed by atoms with E-state index < -0.39 is 0 Å². The van der Waals surface area contributed by atoms with Gasteiger partial charge < -0.3 is 5.32 Å². The van der Waals surface area contributed by atoms with Crippen molar-refractivity contribution in [3.8, 4) is 16.9 Å². The monoisotopic (exact) mass is 338 g/mol. The highest BCUT2D eigenvalue weighted by Gasteiger charge is 2.23. The first-order chi connectivity index (χ1) is 11.7. The summed E-state index contributed by atoms with van der Waals surface area (Å²) in [7, 11) is 0. The summed E-state index contributed by atoms with van der Waals surface area (Å²) < 4.78 is 1.76. The number of carbonyl (C=O) groups is 1. The Bertz CT molecular complexity index is 867. The molecule has 1 aliphatic rings. The van der Waals surface area contributed by atoms with Crippen LogP contribution >= 0.6 is 11.6 Å². The molecule has 1 fully saturated rings. The smallest absolute Gasteiger partial charge is 0.253 e. The lowest BCUT2D eigenvalue weighted by molar-refractivity contribution is 0.0950. The molecular formula is C18H15ClN4O. The van der Waals surface area contributed by atoms with Crippen LogP contribution in [0, 0.1) is 0 Å². The number of rotatable bonds is 4. The van der Waals surface area contributed by atoms with E-state index >= 15 is 0 Å². The van der Waals surface area contributed by atoms with Crippen LogP contribution < -0.4 is 5.32 Å². The van der Waals surface area contributed by atoms with E-state index in [1.54, 1.807) is 23.1 Å². The second-order valence-electron chi connectivity index (χ2n) is 5.83. The van der Waals surface area contributed by atoms with Crippen molar-refractivity contribution in [3.63, 3.8) is 0 Å². The third kappa shape index (κ3) is 3.16. The number of halogens is 1. The van der Waals surface area contributed by atoms with Crippen LogP contribution in [0.3, 0.4) is 0 Å². The van der Waals surface area contributed by atoms with Crippen molar-refractivity contribution in [1.82, 2.24) is 20.1 Å². The minimum Gasteiger partial charge on any atom is -0.349 e. The maximum absolute atomic E-state index is 12.0. The molecule has 0 bridgehead atoms. The van der Waals surface area contributed by atoms with Crippen LogP contribution in [0.1, 0.15) is 23.2 Å². The minimum atomic E-state index is -0.0617. The standard InChI is InChI=1S/C18H15ClN4O/c19-14-2-6-16(7-3-14)23-11-13(10-21-23)17-8-1-12(9-20-17)18(24)22-15-4-5-15/h1-3,6-11,15H,4-5H2,(H,22,24). The molecule has 0 spiro atoms. The van der Waals surface area contributed by atoms with E-state index in [9.17, 15) is 4.79 Å². The van der Waals surface area contributed by atoms with Crippen molar-refractivity contribution in [2.24, 2.45) is 0 Å². The molecule has 24 heavy (non-hydrogen) atoms. The number of hydrogen-bond donors (Lipinski definition) is 1. The van der Waals surface area contributed by atoms with Crippen molar-refractivity contribution in [2.45, 2.75) is 18.9 Å². The Morgan fingerprint density at radius 3 is 2.58 bits per heavy atom. The summed E-state index contributed by atoms with van der Waals surface area (Å²) in [4.78, 5) is 16.4. The summed E-state index contributed by atoms with van der Waals surface area (Å²) in [5.41, 5.74) is 3.17. The number of pyridine rings is 1. The maximum Gasteiger partial charge on any atom is 0.253 e. The van der Waals surface area contributed by atoms with Crippen molar-refractivity contribution >= 4 is 17.5 Å². The molecule has 5 nitrogen and oxygen atoms in total. The molecule has 2 aromatic heterocycles. The topological polar surface area (TPSA) is 59.8 Å². The number of carbonyl (C=O) groups excluding carboxylic acids is 1. The molecule has 0 aliphatic heterocycles. The van der Waals surface area contributed by atoms with Gasteiger partial charge in [-0.3, -0.25) is 9.78 Å². The molecular weight excluding hydrogens is 324 g/mol. The normalized spacial score (nSPS) is 13.7. The molecule has 1 aliphatic carbocycles. The van der Waals surface area contributed by atoms with E-state index in [1.807, 2.05) is 36.5 Å². The molecule has 1 aromatic carbocycles. The predicted molar refractivity (Wildman–Crippen MR) is 92.3 cm³/mol. The highest BCUT2D eigenvalue weighted by Crippen LogP contribution is 2.21. The SMILES string of the molecule is O=C(NC1CC1)c1ccc(-c2cnn(-c3ccc(Cl)cc3)c2)nc1. The Kier molecular flexibility index (Phi) is 3.78. The van der Waals surface area contributed by atoms with Gasteiger partial charge >= 0.3 is 0 Å². The Morgan fingerprint density at radius 1 is 1.12 bits per heavy atom. The lowest BCUT2D eigenvalue weighted by atomic mass is 10.2. The summed E-state index contributed by atoms with van der Waals surface area (Å²) >= 11 is 5.90. The Hall–Kier alpha value is -2.66. The zero-order valence-electron chi connectivity index (χ0n) is 12.8. The zero-order chi connectivity index (χ0) is 16.5. The number of benzene rings is 1. The summed E-state index contributed by atoms with van der Waals surface area (Å²) in [6.45, 7) is 0. The van der Waals surface area contributed by atoms with Gasteiger partial charge in [0.1, 0.15) is 0 Å². The quantitative estimate of drug-likeness (QED) is 0.792. The van der Waals surface area contributed by atoms with Crippen molar-refractivity contribution in [3.05, 3.63) is 65.6 Å². The largest absolute Gasteiger partial charge is 0.349 e. The first-order valence-corrected chi connectivity index (χ1v) is 8.15. The van der Waals surface area contributed by atoms with Gasteiger partial charge in [-0.2, -0.15) is 5.10 Å². The van der Waals surface area contributed by atoms with Crippen LogP contribution in [0.4, 0.5) is 0 Å². The Balaban J connectivity index is 1.53. The number of aromatic nitrogens is 3. The highest BCUT2D eigenvalue weighted by molar-refractivity contribution is 6.30. The molecule has 1 N–H and O–H groups in total. The van der Waals surface area contributed by atoms with Crippen molar-refractivity contribution in [1.29, 1.82) is 0 Å². The van der Waals surface area contributed by atoms with Crippen LogP contribution in [-0.2, 0) is 0 Å². The Labute approximate surface area is 144 Å². The van der Waals surface area contributed by atoms with Gasteiger partial charge in [0.15, 0.2) is 0 Å². The first kappa shape index (κ1) is 14.9. The van der Waals surface area contributed by atoms with Crippen LogP contribution in [0.15, 0.2) is 55.0 Å². The minimum absolute atomic E-state index is 0.0617. The second kappa shape index (κ2) is 6.09. The van der Waals surface area contributed by atoms with Gasteiger partial charge in [-0.25, -0.2) is 4.68 Å². The molecule has 0 atom stereocenters. The predicted octanol–water partition coefficient (Wildman–Crippen LogP) is 3.48. The number of amides is 1. The van der Waals surface area contributed by atoms with Crippen LogP contribution in [0.5, 0.6) is 0 Å². The lowest BCUT2D eigenvalue weighted by Gasteiger charge is -2.03. The molecule has 0 saturated heterocycles. The summed E-state index contributed by atoms with van der Waals surface area (Å²) in [5.74, 6) is -0.0617. The summed E-state index contributed by atoms with van der Waals surface area (Å²) in [6, 6.07) is 11.4. The molecule has 0 radical (unpaired) electrons. The first-order valence-electron chi connectivity index (χ1n) is 7.77. The molecule has 0 unspecified atom stereocenters. The molecule has 120 valence electrons. The third-order valence-corrected chi connectivity index (χ3v) is 4.16. The lowest BCUT2D eigenvalue weighted by Crippen LogP contribution is -2.25. The Morgan fingerprint density at radius 2 is 1.92 bits per heavy atom. The van der Waals surface area contributed by atoms with E-state index in [-0.39, 0.29) is 5.91 Å². The number of hydrogen-bond acceptors (Lipinski definition) is 3. The maximum atomic E-state index is 12.0. The third-order valence-electron chi connectivity index (χ3n) is 3.91. The fourth-order valence-corrected chi connectivity index (χ4v) is 2.51. The van der Waals surface area contributed by atoms with Gasteiger partial charge in [0, 0.05) is 29.0 Å². The van der Waals surface area contributed by atoms with Crippen molar-refractivity contribution < 1.29 is 4.79 Å². The van der Waals surface area contributed by atoms with E-state index in [4.69, 9.17) is 11.6 Å². The molecule has 6 heteroatoms. The van der Waals surface area contributed by atoms with Crippen molar-refractivity contribution in [2.75, 3.05) is 0 Å². The highest BCUT2D eigenvalue weighted by atomic mass is 35.5. The average molecular weight is 339 g/mol. The molecule has 4 rings (SSSR count).